The molecule has 0 aliphatic carbocycles. The SMILES string of the molecule is C[C@]12C[C@H](O)[C@]3(CCO[C@H]4[C@@H]3[C@@H]1C(=O)N4c1ccc(C#N)c(Br)c1)O2. The van der Waals surface area contributed by atoms with E-state index in [1.807, 2.05) is 6.92 Å². The molecule has 1 aromatic rings. The maximum atomic E-state index is 13.3. The minimum atomic E-state index is -0.684. The summed E-state index contributed by atoms with van der Waals surface area (Å²) in [6, 6.07) is 7.36. The van der Waals surface area contributed by atoms with Crippen LogP contribution in [-0.2, 0) is 14.3 Å². The van der Waals surface area contributed by atoms with Crippen molar-refractivity contribution in [3.05, 3.63) is 28.2 Å². The van der Waals surface area contributed by atoms with Gasteiger partial charge in [0.15, 0.2) is 0 Å². The first-order valence-corrected chi connectivity index (χ1v) is 9.23. The molecule has 4 aliphatic rings. The highest BCUT2D eigenvalue weighted by molar-refractivity contribution is 9.10. The monoisotopic (exact) mass is 404 g/mol. The summed E-state index contributed by atoms with van der Waals surface area (Å²) in [7, 11) is 0. The quantitative estimate of drug-likeness (QED) is 0.772. The Hall–Kier alpha value is -1.46. The van der Waals surface area contributed by atoms with Crippen LogP contribution in [0.2, 0.25) is 0 Å². The highest BCUT2D eigenvalue weighted by Gasteiger charge is 2.78. The Morgan fingerprint density at radius 3 is 3.00 bits per heavy atom. The summed E-state index contributed by atoms with van der Waals surface area (Å²) < 4.78 is 12.9. The lowest BCUT2D eigenvalue weighted by Crippen LogP contribution is -2.56. The van der Waals surface area contributed by atoms with Gasteiger partial charge in [0.25, 0.3) is 0 Å². The number of carbonyl (C=O) groups is 1. The van der Waals surface area contributed by atoms with E-state index in [2.05, 4.69) is 22.0 Å². The van der Waals surface area contributed by atoms with Gasteiger partial charge in [-0.2, -0.15) is 5.26 Å². The van der Waals surface area contributed by atoms with Gasteiger partial charge in [-0.25, -0.2) is 0 Å². The maximum Gasteiger partial charge on any atom is 0.235 e. The number of hydrogen-bond donors (Lipinski definition) is 1. The Labute approximate surface area is 153 Å². The van der Waals surface area contributed by atoms with Crippen molar-refractivity contribution in [2.45, 2.75) is 43.3 Å². The fourth-order valence-corrected chi connectivity index (χ4v) is 5.88. The minimum Gasteiger partial charge on any atom is -0.390 e. The number of carbonyl (C=O) groups excluding carboxylic acids is 1. The Bertz CT molecular complexity index is 839. The zero-order valence-corrected chi connectivity index (χ0v) is 15.2. The van der Waals surface area contributed by atoms with Crippen molar-refractivity contribution < 1.29 is 19.4 Å². The van der Waals surface area contributed by atoms with Gasteiger partial charge in [-0.1, -0.05) is 0 Å². The molecule has 0 aromatic heterocycles. The van der Waals surface area contributed by atoms with Gasteiger partial charge in [0.2, 0.25) is 5.91 Å². The lowest BCUT2D eigenvalue weighted by atomic mass is 9.65. The van der Waals surface area contributed by atoms with E-state index in [0.717, 1.165) is 0 Å². The van der Waals surface area contributed by atoms with E-state index in [0.29, 0.717) is 35.2 Å². The van der Waals surface area contributed by atoms with Gasteiger partial charge < -0.3 is 14.6 Å². The molecule has 2 bridgehead atoms. The van der Waals surface area contributed by atoms with Crippen LogP contribution in [-0.4, -0.2) is 41.2 Å². The van der Waals surface area contributed by atoms with Crippen LogP contribution in [0, 0.1) is 23.2 Å². The van der Waals surface area contributed by atoms with Crippen LogP contribution in [0.25, 0.3) is 0 Å². The Kier molecular flexibility index (Phi) is 3.05. The van der Waals surface area contributed by atoms with E-state index < -0.39 is 23.5 Å². The minimum absolute atomic E-state index is 0.0233. The van der Waals surface area contributed by atoms with Crippen LogP contribution in [0.15, 0.2) is 22.7 Å². The van der Waals surface area contributed by atoms with Crippen molar-refractivity contribution in [2.75, 3.05) is 11.5 Å². The fraction of sp³-hybridized carbons (Fsp3) is 0.556. The van der Waals surface area contributed by atoms with Gasteiger partial charge >= 0.3 is 0 Å². The summed E-state index contributed by atoms with van der Waals surface area (Å²) in [5, 5.41) is 19.7. The standard InChI is InChI=1S/C18H17BrN2O4/c1-17-7-12(22)18(25-17)4-5-24-16-14(18)13(17)15(23)21(16)10-3-2-9(8-20)11(19)6-10/h2-3,6,12-14,16,22H,4-5,7H2,1H3/t12-,13+,14-,16-,17-,18-/m0/s1. The number of anilines is 1. The molecule has 4 saturated heterocycles. The third-order valence-corrected chi connectivity index (χ3v) is 7.02. The average Bonchev–Trinajstić information content (AvgIpc) is 3.11. The molecule has 0 radical (unpaired) electrons. The van der Waals surface area contributed by atoms with Crippen molar-refractivity contribution in [2.24, 2.45) is 11.8 Å². The summed E-state index contributed by atoms with van der Waals surface area (Å²) >= 11 is 3.39. The molecule has 6 nitrogen and oxygen atoms in total. The Morgan fingerprint density at radius 1 is 1.48 bits per heavy atom. The lowest BCUT2D eigenvalue weighted by Gasteiger charge is -2.43. The van der Waals surface area contributed by atoms with Crippen LogP contribution in [0.4, 0.5) is 5.69 Å². The number of halogens is 1. The van der Waals surface area contributed by atoms with E-state index in [1.54, 1.807) is 23.1 Å². The normalized spacial score (nSPS) is 44.1. The molecule has 6 atom stereocenters. The number of rotatable bonds is 1. The van der Waals surface area contributed by atoms with Crippen molar-refractivity contribution >= 4 is 27.5 Å². The third kappa shape index (κ3) is 1.76. The number of aliphatic hydroxyl groups excluding tert-OH is 1. The predicted octanol–water partition coefficient (Wildman–Crippen LogP) is 1.94. The van der Waals surface area contributed by atoms with Gasteiger partial charge in [0.05, 0.1) is 35.7 Å². The van der Waals surface area contributed by atoms with Gasteiger partial charge in [-0.15, -0.1) is 0 Å². The first-order chi connectivity index (χ1) is 11.9. The highest BCUT2D eigenvalue weighted by atomic mass is 79.9. The van der Waals surface area contributed by atoms with E-state index in [-0.39, 0.29) is 17.7 Å². The first kappa shape index (κ1) is 15.8. The average molecular weight is 405 g/mol. The number of fused-ring (bicyclic) bond motifs is 2. The van der Waals surface area contributed by atoms with Crippen molar-refractivity contribution in [1.82, 2.24) is 0 Å². The van der Waals surface area contributed by atoms with E-state index in [9.17, 15) is 9.90 Å². The molecule has 5 rings (SSSR count). The van der Waals surface area contributed by atoms with Crippen LogP contribution >= 0.6 is 15.9 Å². The molecule has 4 heterocycles. The summed E-state index contributed by atoms with van der Waals surface area (Å²) in [6.45, 7) is 2.38. The summed E-state index contributed by atoms with van der Waals surface area (Å²) in [5.41, 5.74) is -0.116. The smallest absolute Gasteiger partial charge is 0.235 e. The lowest BCUT2D eigenvalue weighted by molar-refractivity contribution is -0.163. The molecule has 130 valence electrons. The van der Waals surface area contributed by atoms with Crippen LogP contribution in [0.3, 0.4) is 0 Å². The van der Waals surface area contributed by atoms with Gasteiger partial charge in [-0.05, 0) is 41.1 Å². The van der Waals surface area contributed by atoms with E-state index in [1.165, 1.54) is 0 Å². The number of hydrogen-bond acceptors (Lipinski definition) is 5. The molecule has 1 N–H and O–H groups in total. The maximum absolute atomic E-state index is 13.3. The molecule has 1 spiro atoms. The summed E-state index contributed by atoms with van der Waals surface area (Å²) in [5.74, 6) is -0.502. The predicted molar refractivity (Wildman–Crippen MR) is 90.5 cm³/mol. The summed E-state index contributed by atoms with van der Waals surface area (Å²) in [6.07, 6.45) is 0.0883. The zero-order valence-electron chi connectivity index (χ0n) is 13.6. The van der Waals surface area contributed by atoms with Crippen molar-refractivity contribution in [3.63, 3.8) is 0 Å². The Morgan fingerprint density at radius 2 is 2.28 bits per heavy atom. The first-order valence-electron chi connectivity index (χ1n) is 8.44. The number of aliphatic hydroxyl groups is 1. The number of nitriles is 1. The molecular weight excluding hydrogens is 388 g/mol. The second-order valence-corrected chi connectivity index (χ2v) is 8.44. The van der Waals surface area contributed by atoms with Crippen LogP contribution in [0.1, 0.15) is 25.3 Å². The molecular formula is C18H17BrN2O4. The molecule has 4 aliphatic heterocycles. The van der Waals surface area contributed by atoms with Crippen molar-refractivity contribution in [3.8, 4) is 6.07 Å². The van der Waals surface area contributed by atoms with Gasteiger partial charge in [-0.3, -0.25) is 9.69 Å². The number of ether oxygens (including phenoxy) is 2. The molecule has 25 heavy (non-hydrogen) atoms. The highest BCUT2D eigenvalue weighted by Crippen LogP contribution is 2.65. The number of amides is 1. The van der Waals surface area contributed by atoms with Gasteiger partial charge in [0.1, 0.15) is 17.9 Å². The van der Waals surface area contributed by atoms with Crippen molar-refractivity contribution in [1.29, 1.82) is 5.26 Å². The summed E-state index contributed by atoms with van der Waals surface area (Å²) in [4.78, 5) is 15.0. The molecule has 0 unspecified atom stereocenters. The van der Waals surface area contributed by atoms with E-state index >= 15 is 0 Å². The largest absolute Gasteiger partial charge is 0.390 e. The van der Waals surface area contributed by atoms with E-state index in [4.69, 9.17) is 14.7 Å². The number of nitrogens with zero attached hydrogens (tertiary/aromatic N) is 2. The molecule has 1 aromatic carbocycles. The molecule has 0 saturated carbocycles. The van der Waals surface area contributed by atoms with Crippen LogP contribution < -0.4 is 4.90 Å². The second-order valence-electron chi connectivity index (χ2n) is 7.59. The Balaban J connectivity index is 1.62. The molecule has 1 amide bonds. The zero-order chi connectivity index (χ0) is 17.6. The van der Waals surface area contributed by atoms with Gasteiger partial charge in [0, 0.05) is 23.0 Å². The second kappa shape index (κ2) is 4.83. The molecule has 7 heteroatoms. The van der Waals surface area contributed by atoms with Crippen LogP contribution in [0.5, 0.6) is 0 Å². The topological polar surface area (TPSA) is 82.8 Å². The fourth-order valence-electron chi connectivity index (χ4n) is 5.42. The third-order valence-electron chi connectivity index (χ3n) is 6.36. The molecule has 4 fully saturated rings. The number of benzene rings is 1.